The number of likely N-dealkylation sites (N-methyl/N-ethyl adjacent to an activating group) is 1. The first-order chi connectivity index (χ1) is 19.1. The van der Waals surface area contributed by atoms with E-state index in [4.69, 9.17) is 15.2 Å². The molecule has 0 saturated carbocycles. The summed E-state index contributed by atoms with van der Waals surface area (Å²) in [5.41, 5.74) is 5.01. The highest BCUT2D eigenvalue weighted by atomic mass is 16.5. The van der Waals surface area contributed by atoms with Gasteiger partial charge >= 0.3 is 0 Å². The molecule has 0 unspecified atom stereocenters. The Morgan fingerprint density at radius 3 is 2.44 bits per heavy atom. The molecule has 1 aromatic rings. The summed E-state index contributed by atoms with van der Waals surface area (Å²) in [7, 11) is 6.33. The lowest BCUT2D eigenvalue weighted by Gasteiger charge is -2.52. The first-order valence-corrected chi connectivity index (χ1v) is 13.9. The van der Waals surface area contributed by atoms with Crippen molar-refractivity contribution in [1.29, 1.82) is 0 Å². The van der Waals surface area contributed by atoms with Crippen LogP contribution in [-0.2, 0) is 22.5 Å². The number of phenols is 1. The molecule has 6 N–H and O–H groups in total. The molecule has 0 spiro atoms. The Bertz CT molecular complexity index is 1350. The molecule has 3 aliphatic rings. The zero-order valence-corrected chi connectivity index (χ0v) is 25.1. The van der Waals surface area contributed by atoms with Crippen LogP contribution >= 0.6 is 0 Å². The van der Waals surface area contributed by atoms with Crippen LogP contribution in [0.3, 0.4) is 0 Å². The van der Waals surface area contributed by atoms with Gasteiger partial charge in [0.25, 0.3) is 5.91 Å². The molecular formula is C31H43N3O7. The van der Waals surface area contributed by atoms with Gasteiger partial charge in [0.15, 0.2) is 11.4 Å². The second-order valence-electron chi connectivity index (χ2n) is 12.7. The standard InChI is InChI=1S/C31H43N3O7/c1-15-21(29(32)38)26(37)24(34(5)6)19-12-16-11-18-23(25(36)22(16)28(41-8)31(15,19)39)20(35)13-17(27(18)40-7)14-33-10-9-30(2,3)4/h13,16,19,24,33,35,37,39H,1,9-12,14H2,2-8H3,(H2,32,38)/t16-,19-,24-,31-/m0/s1. The number of aliphatic hydroxyl groups is 2. The zero-order chi connectivity index (χ0) is 30.6. The molecule has 4 atom stereocenters. The number of allylic oxidation sites excluding steroid dienone is 1. The number of hydrogen-bond acceptors (Lipinski definition) is 9. The fourth-order valence-electron chi connectivity index (χ4n) is 6.84. The third-order valence-electron chi connectivity index (χ3n) is 8.69. The van der Waals surface area contributed by atoms with E-state index in [1.807, 2.05) is 0 Å². The average Bonchev–Trinajstić information content (AvgIpc) is 2.86. The van der Waals surface area contributed by atoms with E-state index in [1.54, 1.807) is 32.2 Å². The monoisotopic (exact) mass is 569 g/mol. The smallest absolute Gasteiger partial charge is 0.252 e. The predicted octanol–water partition coefficient (Wildman–Crippen LogP) is 2.73. The number of ether oxygens (including phenoxy) is 2. The van der Waals surface area contributed by atoms with Gasteiger partial charge in [0.05, 0.1) is 31.4 Å². The van der Waals surface area contributed by atoms with Gasteiger partial charge in [-0.2, -0.15) is 0 Å². The molecule has 10 nitrogen and oxygen atoms in total. The number of Topliss-reactive ketones (excluding diaryl/α,β-unsaturated/α-hetero) is 1. The maximum atomic E-state index is 14.1. The topological polar surface area (TPSA) is 155 Å². The number of primary amides is 1. The Balaban J connectivity index is 1.85. The molecule has 224 valence electrons. The van der Waals surface area contributed by atoms with Gasteiger partial charge in [0.2, 0.25) is 0 Å². The number of fused-ring (bicyclic) bond motifs is 3. The molecule has 0 saturated heterocycles. The minimum atomic E-state index is -1.99. The third kappa shape index (κ3) is 4.91. The number of nitrogens with zero attached hydrogens (tertiary/aromatic N) is 1. The van der Waals surface area contributed by atoms with Crippen molar-refractivity contribution in [3.8, 4) is 11.5 Å². The van der Waals surface area contributed by atoms with Gasteiger partial charge in [-0.1, -0.05) is 27.4 Å². The highest BCUT2D eigenvalue weighted by Crippen LogP contribution is 2.56. The normalized spacial score (nSPS) is 26.1. The van der Waals surface area contributed by atoms with Crippen molar-refractivity contribution in [1.82, 2.24) is 10.2 Å². The Kier molecular flexibility index (Phi) is 8.07. The van der Waals surface area contributed by atoms with Gasteiger partial charge in [-0.15, -0.1) is 0 Å². The lowest BCUT2D eigenvalue weighted by molar-refractivity contribution is -0.116. The van der Waals surface area contributed by atoms with Crippen LogP contribution in [0.4, 0.5) is 0 Å². The lowest BCUT2D eigenvalue weighted by Crippen LogP contribution is -2.60. The van der Waals surface area contributed by atoms with Crippen LogP contribution in [0, 0.1) is 17.3 Å². The second kappa shape index (κ2) is 10.8. The summed E-state index contributed by atoms with van der Waals surface area (Å²) >= 11 is 0. The average molecular weight is 570 g/mol. The predicted molar refractivity (Wildman–Crippen MR) is 155 cm³/mol. The second-order valence-corrected chi connectivity index (χ2v) is 12.7. The van der Waals surface area contributed by atoms with Crippen LogP contribution in [0.2, 0.25) is 0 Å². The van der Waals surface area contributed by atoms with E-state index in [9.17, 15) is 24.9 Å². The number of rotatable bonds is 8. The number of benzene rings is 1. The van der Waals surface area contributed by atoms with E-state index < -0.39 is 35.2 Å². The van der Waals surface area contributed by atoms with Gasteiger partial charge in [0, 0.05) is 34.7 Å². The van der Waals surface area contributed by atoms with Crippen LogP contribution in [0.5, 0.6) is 11.5 Å². The Morgan fingerprint density at radius 2 is 1.90 bits per heavy atom. The SMILES string of the molecule is C=C1C(C(N)=O)=C(O)[C@@H](N(C)C)[C@@H]2C[C@@H]3Cc4c(OC)c(CNCCC(C)(C)C)cc(O)c4C(=O)C3=C(OC)[C@]12O. The molecular weight excluding hydrogens is 526 g/mol. The number of nitrogens with one attached hydrogen (secondary N) is 1. The summed E-state index contributed by atoms with van der Waals surface area (Å²) in [6.07, 6.45) is 1.56. The molecule has 41 heavy (non-hydrogen) atoms. The molecule has 1 aromatic carbocycles. The van der Waals surface area contributed by atoms with Crippen LogP contribution in [0.25, 0.3) is 0 Å². The van der Waals surface area contributed by atoms with Gasteiger partial charge in [-0.05, 0) is 57.3 Å². The Labute approximate surface area is 241 Å². The quantitative estimate of drug-likeness (QED) is 0.297. The van der Waals surface area contributed by atoms with Gasteiger partial charge in [-0.25, -0.2) is 0 Å². The highest BCUT2D eigenvalue weighted by molar-refractivity contribution is 6.14. The first kappa shape index (κ1) is 30.6. The van der Waals surface area contributed by atoms with Crippen LogP contribution in [-0.4, -0.2) is 78.4 Å². The molecule has 1 amide bonds. The van der Waals surface area contributed by atoms with E-state index in [2.05, 4.69) is 32.7 Å². The minimum Gasteiger partial charge on any atom is -0.510 e. The summed E-state index contributed by atoms with van der Waals surface area (Å²) < 4.78 is 11.6. The number of nitrogens with two attached hydrogens (primary N) is 1. The number of amides is 1. The fraction of sp³-hybridized carbons (Fsp3) is 0.548. The highest BCUT2D eigenvalue weighted by Gasteiger charge is 2.61. The van der Waals surface area contributed by atoms with E-state index in [0.717, 1.165) is 18.5 Å². The first-order valence-electron chi connectivity index (χ1n) is 13.9. The van der Waals surface area contributed by atoms with Crippen LogP contribution in [0.15, 0.2) is 40.9 Å². The molecule has 0 heterocycles. The van der Waals surface area contributed by atoms with Crippen molar-refractivity contribution < 1.29 is 34.4 Å². The zero-order valence-electron chi connectivity index (χ0n) is 25.1. The van der Waals surface area contributed by atoms with Crippen molar-refractivity contribution in [3.63, 3.8) is 0 Å². The Morgan fingerprint density at radius 1 is 1.24 bits per heavy atom. The number of aromatic hydroxyl groups is 1. The van der Waals surface area contributed by atoms with Crippen molar-refractivity contribution in [2.75, 3.05) is 34.9 Å². The Hall–Kier alpha value is -3.34. The van der Waals surface area contributed by atoms with Gasteiger partial charge < -0.3 is 35.8 Å². The fourth-order valence-corrected chi connectivity index (χ4v) is 6.84. The number of carbonyl (C=O) groups excluding carboxylic acids is 2. The molecule has 0 aliphatic heterocycles. The molecule has 0 fully saturated rings. The number of methoxy groups -OCH3 is 2. The molecule has 10 heteroatoms. The number of phenolic OH excluding ortho intramolecular Hbond substituents is 1. The number of ketones is 1. The van der Waals surface area contributed by atoms with E-state index in [-0.39, 0.29) is 51.4 Å². The maximum Gasteiger partial charge on any atom is 0.252 e. The van der Waals surface area contributed by atoms with Gasteiger partial charge in [-0.3, -0.25) is 14.5 Å². The maximum absolute atomic E-state index is 14.1. The van der Waals surface area contributed by atoms with Gasteiger partial charge in [0.1, 0.15) is 23.0 Å². The summed E-state index contributed by atoms with van der Waals surface area (Å²) in [6.45, 7) is 11.7. The molecule has 3 aliphatic carbocycles. The minimum absolute atomic E-state index is 0.0520. The molecule has 0 radical (unpaired) electrons. The summed E-state index contributed by atoms with van der Waals surface area (Å²) in [6, 6.07) is 0.742. The summed E-state index contributed by atoms with van der Waals surface area (Å²) in [5, 5.41) is 37.9. The number of hydrogen-bond donors (Lipinski definition) is 5. The lowest BCUT2D eigenvalue weighted by atomic mass is 9.57. The number of carbonyl (C=O) groups is 2. The van der Waals surface area contributed by atoms with Crippen molar-refractivity contribution in [3.05, 3.63) is 57.6 Å². The van der Waals surface area contributed by atoms with E-state index in [0.29, 0.717) is 24.3 Å². The summed E-state index contributed by atoms with van der Waals surface area (Å²) in [5.74, 6) is -2.55. The van der Waals surface area contributed by atoms with Crippen molar-refractivity contribution in [2.45, 2.75) is 58.2 Å². The third-order valence-corrected chi connectivity index (χ3v) is 8.69. The largest absolute Gasteiger partial charge is 0.510 e. The van der Waals surface area contributed by atoms with E-state index in [1.165, 1.54) is 7.11 Å². The van der Waals surface area contributed by atoms with E-state index >= 15 is 0 Å². The molecule has 4 rings (SSSR count). The molecule has 0 bridgehead atoms. The molecule has 0 aromatic heterocycles. The van der Waals surface area contributed by atoms with Crippen molar-refractivity contribution >= 4 is 11.7 Å². The summed E-state index contributed by atoms with van der Waals surface area (Å²) in [4.78, 5) is 28.2. The van der Waals surface area contributed by atoms with Crippen LogP contribution < -0.4 is 15.8 Å². The van der Waals surface area contributed by atoms with Crippen LogP contribution in [0.1, 0.15) is 55.1 Å². The van der Waals surface area contributed by atoms with Crippen molar-refractivity contribution in [2.24, 2.45) is 23.0 Å². The number of aliphatic hydroxyl groups excluding tert-OH is 1.